The maximum Gasteiger partial charge on any atom is 0.320 e. The second kappa shape index (κ2) is 21.3. The van der Waals surface area contributed by atoms with Crippen molar-refractivity contribution in [2.45, 2.75) is 76.4 Å². The molecule has 14 heteroatoms. The summed E-state index contributed by atoms with van der Waals surface area (Å²) in [4.78, 5) is 40.3. The van der Waals surface area contributed by atoms with Crippen LogP contribution in [0.15, 0.2) is 0 Å². The summed E-state index contributed by atoms with van der Waals surface area (Å²) in [7, 11) is 0. The number of hydrogen-bond acceptors (Lipinski definition) is 8. The van der Waals surface area contributed by atoms with E-state index >= 15 is 0 Å². The first-order valence-electron chi connectivity index (χ1n) is 10.0. The molecule has 0 radical (unpaired) electrons. The van der Waals surface area contributed by atoms with Crippen LogP contribution in [0.3, 0.4) is 0 Å². The standard InChI is InChI=1S/C7H15NO2.C6H14N4O2.C5H9NO4/c1-2-3-4-5-6(8)7(9)10;7-4(5(11)12)2-1-3-10-6(8)9;6-3(5(9)10)1-2-4(7)8/h6H,2-5,8H2,1H3,(H,9,10);4H,1-3,7H2,(H,11,12)(H4,8,9,10);3H,1-2,6H2,(H,7,8)(H,9,10)/t;4-;3-/m.11/s1. The van der Waals surface area contributed by atoms with E-state index in [2.05, 4.69) is 12.2 Å². The van der Waals surface area contributed by atoms with Crippen LogP contribution in [0.2, 0.25) is 0 Å². The fourth-order valence-corrected chi connectivity index (χ4v) is 1.81. The molecule has 14 N–H and O–H groups in total. The van der Waals surface area contributed by atoms with E-state index in [1.54, 1.807) is 0 Å². The third-order valence-corrected chi connectivity index (χ3v) is 3.75. The normalized spacial score (nSPS) is 12.5. The van der Waals surface area contributed by atoms with Gasteiger partial charge in [0.05, 0.1) is 0 Å². The Morgan fingerprint density at radius 3 is 1.53 bits per heavy atom. The van der Waals surface area contributed by atoms with Gasteiger partial charge in [-0.05, 0) is 25.7 Å². The van der Waals surface area contributed by atoms with E-state index in [1.165, 1.54) is 0 Å². The van der Waals surface area contributed by atoms with Crippen LogP contribution in [0.5, 0.6) is 0 Å². The maximum absolute atomic E-state index is 10.2. The Morgan fingerprint density at radius 1 is 0.781 bits per heavy atom. The number of carboxylic acids is 4. The minimum atomic E-state index is -1.17. The summed E-state index contributed by atoms with van der Waals surface area (Å²) in [5.41, 5.74) is 20.5. The van der Waals surface area contributed by atoms with Gasteiger partial charge in [0, 0.05) is 13.0 Å². The monoisotopic (exact) mass is 466 g/mol. The van der Waals surface area contributed by atoms with Crippen molar-refractivity contribution in [1.82, 2.24) is 5.32 Å². The minimum Gasteiger partial charge on any atom is -0.481 e. The zero-order chi connectivity index (χ0) is 25.7. The number of carboxylic acid groups (broad SMARTS) is 4. The van der Waals surface area contributed by atoms with Gasteiger partial charge in [0.1, 0.15) is 18.1 Å². The van der Waals surface area contributed by atoms with Gasteiger partial charge in [0.15, 0.2) is 5.96 Å². The molecule has 0 spiro atoms. The molecule has 0 saturated carbocycles. The predicted molar refractivity (Wildman–Crippen MR) is 117 cm³/mol. The number of guanidine groups is 1. The zero-order valence-electron chi connectivity index (χ0n) is 18.3. The molecule has 0 saturated heterocycles. The fraction of sp³-hybridized carbons (Fsp3) is 0.722. The lowest BCUT2D eigenvalue weighted by molar-refractivity contribution is -0.141. The van der Waals surface area contributed by atoms with Gasteiger partial charge >= 0.3 is 23.9 Å². The molecule has 3 atom stereocenters. The Balaban J connectivity index is -0.000000397. The Hall–Kier alpha value is -2.97. The summed E-state index contributed by atoms with van der Waals surface area (Å²) in [6.45, 7) is 2.56. The molecule has 0 bridgehead atoms. The number of unbranched alkanes of at least 4 members (excludes halogenated alkanes) is 2. The molecule has 0 aliphatic carbocycles. The predicted octanol–water partition coefficient (Wildman–Crippen LogP) is -1.10. The van der Waals surface area contributed by atoms with Crippen molar-refractivity contribution in [2.75, 3.05) is 6.54 Å². The van der Waals surface area contributed by atoms with Gasteiger partial charge in [-0.15, -0.1) is 0 Å². The lowest BCUT2D eigenvalue weighted by Crippen LogP contribution is -2.34. The molecular formula is C18H38N6O8. The van der Waals surface area contributed by atoms with Crippen LogP contribution >= 0.6 is 0 Å². The molecule has 32 heavy (non-hydrogen) atoms. The summed E-state index contributed by atoms with van der Waals surface area (Å²) in [5, 5.41) is 42.3. The molecule has 0 amide bonds. The van der Waals surface area contributed by atoms with Crippen LogP contribution in [0.1, 0.15) is 58.3 Å². The van der Waals surface area contributed by atoms with E-state index in [4.69, 9.17) is 48.8 Å². The molecular weight excluding hydrogens is 428 g/mol. The van der Waals surface area contributed by atoms with Crippen LogP contribution in [-0.2, 0) is 19.2 Å². The lowest BCUT2D eigenvalue weighted by atomic mass is 10.1. The SMILES string of the molecule is CCCCCC(N)C(=O)O.N=C(N)NCCC[C@@H](N)C(=O)O.N[C@H](CCC(=O)O)C(=O)O. The van der Waals surface area contributed by atoms with Gasteiger partial charge in [-0.2, -0.15) is 0 Å². The van der Waals surface area contributed by atoms with Crippen LogP contribution in [0, 0.1) is 5.41 Å². The summed E-state index contributed by atoms with van der Waals surface area (Å²) >= 11 is 0. The van der Waals surface area contributed by atoms with Crippen molar-refractivity contribution in [3.05, 3.63) is 0 Å². The zero-order valence-corrected chi connectivity index (χ0v) is 18.3. The van der Waals surface area contributed by atoms with Crippen molar-refractivity contribution < 1.29 is 39.6 Å². The van der Waals surface area contributed by atoms with Crippen molar-refractivity contribution in [3.63, 3.8) is 0 Å². The van der Waals surface area contributed by atoms with E-state index in [1.807, 2.05) is 0 Å². The summed E-state index contributed by atoms with van der Waals surface area (Å²) in [6, 6.07) is -2.54. The first-order valence-corrected chi connectivity index (χ1v) is 10.0. The average Bonchev–Trinajstić information content (AvgIpc) is 2.69. The molecule has 0 aromatic heterocycles. The number of nitrogens with one attached hydrogen (secondary N) is 2. The molecule has 0 heterocycles. The van der Waals surface area contributed by atoms with E-state index in [0.29, 0.717) is 25.8 Å². The Labute approximate surface area is 186 Å². The molecule has 1 unspecified atom stereocenters. The van der Waals surface area contributed by atoms with Gasteiger partial charge in [-0.3, -0.25) is 24.6 Å². The first kappa shape index (κ1) is 33.7. The Kier molecular flexibility index (Phi) is 22.4. The van der Waals surface area contributed by atoms with E-state index < -0.39 is 42.0 Å². The van der Waals surface area contributed by atoms with Crippen molar-refractivity contribution >= 4 is 29.8 Å². The fourth-order valence-electron chi connectivity index (χ4n) is 1.81. The Bertz CT molecular complexity index is 576. The van der Waals surface area contributed by atoms with Crippen LogP contribution in [0.4, 0.5) is 0 Å². The molecule has 0 fully saturated rings. The van der Waals surface area contributed by atoms with Crippen LogP contribution in [-0.4, -0.2) is 74.9 Å². The van der Waals surface area contributed by atoms with Gasteiger partial charge in [0.25, 0.3) is 0 Å². The highest BCUT2D eigenvalue weighted by Crippen LogP contribution is 2.01. The van der Waals surface area contributed by atoms with Gasteiger partial charge in [0.2, 0.25) is 0 Å². The number of rotatable bonds is 14. The van der Waals surface area contributed by atoms with Crippen molar-refractivity contribution in [2.24, 2.45) is 22.9 Å². The second-order valence-electron chi connectivity index (χ2n) is 6.75. The molecule has 14 nitrogen and oxygen atoms in total. The molecule has 0 aromatic carbocycles. The Morgan fingerprint density at radius 2 is 1.19 bits per heavy atom. The third kappa shape index (κ3) is 27.0. The molecule has 0 aliphatic heterocycles. The quantitative estimate of drug-likeness (QED) is 0.0827. The first-order chi connectivity index (χ1) is 14.8. The van der Waals surface area contributed by atoms with E-state index in [9.17, 15) is 19.2 Å². The summed E-state index contributed by atoms with van der Waals surface area (Å²) in [5.74, 6) is -4.20. The molecule has 188 valence electrons. The van der Waals surface area contributed by atoms with Gasteiger partial charge in [-0.1, -0.05) is 26.2 Å². The third-order valence-electron chi connectivity index (χ3n) is 3.75. The van der Waals surface area contributed by atoms with Crippen molar-refractivity contribution in [3.8, 4) is 0 Å². The molecule has 0 aliphatic rings. The van der Waals surface area contributed by atoms with Gasteiger partial charge < -0.3 is 48.7 Å². The van der Waals surface area contributed by atoms with Gasteiger partial charge in [-0.25, -0.2) is 0 Å². The molecule has 0 aromatic rings. The minimum absolute atomic E-state index is 0.0231. The average molecular weight is 467 g/mol. The number of nitrogens with two attached hydrogens (primary N) is 4. The lowest BCUT2D eigenvalue weighted by Gasteiger charge is -2.06. The number of carbonyl (C=O) groups is 4. The summed E-state index contributed by atoms with van der Waals surface area (Å²) in [6.07, 6.45) is 4.45. The number of hydrogen-bond donors (Lipinski definition) is 10. The van der Waals surface area contributed by atoms with Crippen LogP contribution < -0.4 is 28.3 Å². The van der Waals surface area contributed by atoms with Crippen molar-refractivity contribution in [1.29, 1.82) is 5.41 Å². The highest BCUT2D eigenvalue weighted by Gasteiger charge is 2.12. The largest absolute Gasteiger partial charge is 0.481 e. The second-order valence-corrected chi connectivity index (χ2v) is 6.75. The molecule has 0 rings (SSSR count). The smallest absolute Gasteiger partial charge is 0.320 e. The topological polar surface area (TPSA) is 289 Å². The highest BCUT2D eigenvalue weighted by molar-refractivity contribution is 5.75. The maximum atomic E-state index is 10.2. The van der Waals surface area contributed by atoms with E-state index in [0.717, 1.165) is 19.3 Å². The van der Waals surface area contributed by atoms with Crippen LogP contribution in [0.25, 0.3) is 0 Å². The number of aliphatic carboxylic acids is 4. The summed E-state index contributed by atoms with van der Waals surface area (Å²) < 4.78 is 0. The van der Waals surface area contributed by atoms with E-state index in [-0.39, 0.29) is 18.8 Å². The highest BCUT2D eigenvalue weighted by atomic mass is 16.4.